The summed E-state index contributed by atoms with van der Waals surface area (Å²) >= 11 is 0. The van der Waals surface area contributed by atoms with E-state index in [-0.39, 0.29) is 16.3 Å². The lowest BCUT2D eigenvalue weighted by Gasteiger charge is -2.26. The number of carbonyl (C=O) groups excluding carboxylic acids is 1. The lowest BCUT2D eigenvalue weighted by molar-refractivity contribution is -0.386. The molecule has 0 radical (unpaired) electrons. The largest absolute Gasteiger partial charge is 0.474 e. The summed E-state index contributed by atoms with van der Waals surface area (Å²) in [5, 5.41) is 13.7. The predicted octanol–water partition coefficient (Wildman–Crippen LogP) is 2.02. The van der Waals surface area contributed by atoms with E-state index in [0.717, 1.165) is 0 Å². The van der Waals surface area contributed by atoms with Crippen LogP contribution in [-0.4, -0.2) is 56.0 Å². The molecule has 1 atom stereocenters. The maximum atomic E-state index is 12.6. The first-order valence-electron chi connectivity index (χ1n) is 9.18. The van der Waals surface area contributed by atoms with Crippen LogP contribution in [0.1, 0.15) is 6.92 Å². The van der Waals surface area contributed by atoms with Crippen molar-refractivity contribution in [1.29, 1.82) is 0 Å². The van der Waals surface area contributed by atoms with E-state index in [2.05, 4.69) is 5.32 Å². The quantitative estimate of drug-likeness (QED) is 0.520. The summed E-state index contributed by atoms with van der Waals surface area (Å²) in [4.78, 5) is 23.0. The molecule has 1 saturated heterocycles. The van der Waals surface area contributed by atoms with Gasteiger partial charge in [0, 0.05) is 24.8 Å². The van der Waals surface area contributed by atoms with Crippen LogP contribution >= 0.6 is 0 Å². The van der Waals surface area contributed by atoms with Crippen molar-refractivity contribution >= 4 is 27.3 Å². The molecule has 1 unspecified atom stereocenters. The van der Waals surface area contributed by atoms with E-state index in [0.29, 0.717) is 32.0 Å². The number of hydrogen-bond donors (Lipinski definition) is 1. The monoisotopic (exact) mass is 435 g/mol. The third kappa shape index (κ3) is 4.93. The normalized spacial score (nSPS) is 15.9. The zero-order valence-corrected chi connectivity index (χ0v) is 17.0. The van der Waals surface area contributed by atoms with Crippen LogP contribution in [0.4, 0.5) is 11.4 Å². The van der Waals surface area contributed by atoms with Gasteiger partial charge in [0.1, 0.15) is 0 Å². The second kappa shape index (κ2) is 9.20. The minimum Gasteiger partial charge on any atom is -0.474 e. The standard InChI is InChI=1S/C19H21N3O7S/c1-14(29-18-5-3-2-4-17(18)22(24)25)19(23)20-15-6-8-16(9-7-15)30(26,27)21-10-12-28-13-11-21/h2-9,14H,10-13H2,1H3,(H,20,23). The smallest absolute Gasteiger partial charge is 0.310 e. The van der Waals surface area contributed by atoms with Crippen molar-refractivity contribution < 1.29 is 27.6 Å². The zero-order chi connectivity index (χ0) is 21.7. The van der Waals surface area contributed by atoms with Crippen LogP contribution < -0.4 is 10.1 Å². The van der Waals surface area contributed by atoms with Crippen LogP contribution in [0.2, 0.25) is 0 Å². The van der Waals surface area contributed by atoms with E-state index in [9.17, 15) is 23.3 Å². The third-order valence-electron chi connectivity index (χ3n) is 4.46. The van der Waals surface area contributed by atoms with Gasteiger partial charge in [0.2, 0.25) is 10.0 Å². The highest BCUT2D eigenvalue weighted by atomic mass is 32.2. The Balaban J connectivity index is 1.65. The number of hydrogen-bond acceptors (Lipinski definition) is 7. The summed E-state index contributed by atoms with van der Waals surface area (Å²) in [6.07, 6.45) is -1.01. The van der Waals surface area contributed by atoms with Crippen LogP contribution in [0.5, 0.6) is 5.75 Å². The Labute approximate surface area is 173 Å². The Morgan fingerprint density at radius 3 is 2.43 bits per heavy atom. The number of para-hydroxylation sites is 2. The number of nitro benzene ring substituents is 1. The topological polar surface area (TPSA) is 128 Å². The Hall–Kier alpha value is -3.02. The van der Waals surface area contributed by atoms with E-state index >= 15 is 0 Å². The highest BCUT2D eigenvalue weighted by Gasteiger charge is 2.26. The van der Waals surface area contributed by atoms with Crippen LogP contribution in [0.3, 0.4) is 0 Å². The highest BCUT2D eigenvalue weighted by molar-refractivity contribution is 7.89. The van der Waals surface area contributed by atoms with Crippen molar-refractivity contribution in [1.82, 2.24) is 4.31 Å². The molecule has 0 aromatic heterocycles. The molecule has 10 nitrogen and oxygen atoms in total. The third-order valence-corrected chi connectivity index (χ3v) is 6.38. The van der Waals surface area contributed by atoms with E-state index in [1.807, 2.05) is 0 Å². The fourth-order valence-corrected chi connectivity index (χ4v) is 4.25. The number of nitrogens with zero attached hydrogens (tertiary/aromatic N) is 2. The van der Waals surface area contributed by atoms with Gasteiger partial charge in [0.25, 0.3) is 5.91 Å². The lowest BCUT2D eigenvalue weighted by Crippen LogP contribution is -2.40. The maximum absolute atomic E-state index is 12.6. The first-order chi connectivity index (χ1) is 14.3. The zero-order valence-electron chi connectivity index (χ0n) is 16.2. The van der Waals surface area contributed by atoms with Gasteiger partial charge in [-0.2, -0.15) is 4.31 Å². The van der Waals surface area contributed by atoms with Crippen molar-refractivity contribution in [3.8, 4) is 5.75 Å². The van der Waals surface area contributed by atoms with Gasteiger partial charge in [-0.3, -0.25) is 14.9 Å². The second-order valence-electron chi connectivity index (χ2n) is 6.52. The van der Waals surface area contributed by atoms with Crippen molar-refractivity contribution in [3.05, 3.63) is 58.6 Å². The van der Waals surface area contributed by atoms with Crippen LogP contribution in [0, 0.1) is 10.1 Å². The molecular formula is C19H21N3O7S. The number of nitrogens with one attached hydrogen (secondary N) is 1. The first-order valence-corrected chi connectivity index (χ1v) is 10.6. The number of morpholine rings is 1. The molecule has 1 aliphatic rings. The molecule has 1 N–H and O–H groups in total. The van der Waals surface area contributed by atoms with Gasteiger partial charge in [-0.15, -0.1) is 0 Å². The molecule has 160 valence electrons. The number of nitro groups is 1. The summed E-state index contributed by atoms with van der Waals surface area (Å²) in [6.45, 7) is 2.75. The van der Waals surface area contributed by atoms with Crippen molar-refractivity contribution in [2.45, 2.75) is 17.9 Å². The summed E-state index contributed by atoms with van der Waals surface area (Å²) in [5.74, 6) is -0.547. The van der Waals surface area contributed by atoms with Gasteiger partial charge in [-0.25, -0.2) is 8.42 Å². The molecule has 1 aliphatic heterocycles. The van der Waals surface area contributed by atoms with E-state index in [4.69, 9.17) is 9.47 Å². The van der Waals surface area contributed by atoms with Crippen LogP contribution in [0.15, 0.2) is 53.4 Å². The molecule has 11 heteroatoms. The number of rotatable bonds is 7. The minimum absolute atomic E-state index is 0.0166. The molecule has 0 saturated carbocycles. The number of sulfonamides is 1. The van der Waals surface area contributed by atoms with Crippen molar-refractivity contribution in [3.63, 3.8) is 0 Å². The molecule has 1 heterocycles. The predicted molar refractivity (Wildman–Crippen MR) is 108 cm³/mol. The van der Waals surface area contributed by atoms with E-state index < -0.39 is 27.0 Å². The molecule has 1 amide bonds. The summed E-state index contributed by atoms with van der Waals surface area (Å²) < 4.78 is 37.2. The van der Waals surface area contributed by atoms with Gasteiger partial charge in [0.15, 0.2) is 11.9 Å². The van der Waals surface area contributed by atoms with Gasteiger partial charge in [0.05, 0.1) is 23.0 Å². The molecule has 0 spiro atoms. The van der Waals surface area contributed by atoms with Gasteiger partial charge in [-0.1, -0.05) is 12.1 Å². The highest BCUT2D eigenvalue weighted by Crippen LogP contribution is 2.27. The van der Waals surface area contributed by atoms with Gasteiger partial charge in [-0.05, 0) is 37.3 Å². The Bertz CT molecular complexity index is 1020. The molecule has 0 bridgehead atoms. The average Bonchev–Trinajstić information content (AvgIpc) is 2.75. The fourth-order valence-electron chi connectivity index (χ4n) is 2.84. The molecule has 30 heavy (non-hydrogen) atoms. The van der Waals surface area contributed by atoms with Crippen LogP contribution in [0.25, 0.3) is 0 Å². The summed E-state index contributed by atoms with van der Waals surface area (Å²) in [7, 11) is -3.63. The summed E-state index contributed by atoms with van der Waals surface area (Å²) in [6, 6.07) is 11.5. The van der Waals surface area contributed by atoms with E-state index in [1.54, 1.807) is 6.07 Å². The molecule has 2 aromatic carbocycles. The number of carbonyl (C=O) groups is 1. The van der Waals surface area contributed by atoms with Crippen molar-refractivity contribution in [2.75, 3.05) is 31.6 Å². The molecular weight excluding hydrogens is 414 g/mol. The lowest BCUT2D eigenvalue weighted by atomic mass is 10.2. The fraction of sp³-hybridized carbons (Fsp3) is 0.316. The molecule has 3 rings (SSSR count). The maximum Gasteiger partial charge on any atom is 0.310 e. The number of benzene rings is 2. The second-order valence-corrected chi connectivity index (χ2v) is 8.45. The minimum atomic E-state index is -3.63. The molecule has 2 aromatic rings. The van der Waals surface area contributed by atoms with Gasteiger partial charge >= 0.3 is 5.69 Å². The number of amides is 1. The van der Waals surface area contributed by atoms with E-state index in [1.165, 1.54) is 53.7 Å². The Morgan fingerprint density at radius 2 is 1.80 bits per heavy atom. The average molecular weight is 435 g/mol. The first kappa shape index (κ1) is 21.7. The molecule has 0 aliphatic carbocycles. The van der Waals surface area contributed by atoms with Gasteiger partial charge < -0.3 is 14.8 Å². The Morgan fingerprint density at radius 1 is 1.17 bits per heavy atom. The Kier molecular flexibility index (Phi) is 6.65. The summed E-state index contributed by atoms with van der Waals surface area (Å²) in [5.41, 5.74) is 0.133. The van der Waals surface area contributed by atoms with Crippen molar-refractivity contribution in [2.24, 2.45) is 0 Å². The number of ether oxygens (including phenoxy) is 2. The van der Waals surface area contributed by atoms with Crippen LogP contribution in [-0.2, 0) is 19.6 Å². The SMILES string of the molecule is CC(Oc1ccccc1[N+](=O)[O-])C(=O)Nc1ccc(S(=O)(=O)N2CCOCC2)cc1. The number of anilines is 1. The molecule has 1 fully saturated rings.